The third-order valence-electron chi connectivity index (χ3n) is 2.59. The summed E-state index contributed by atoms with van der Waals surface area (Å²) in [5.74, 6) is 1.66. The molecule has 2 rings (SSSR count). The van der Waals surface area contributed by atoms with E-state index in [0.29, 0.717) is 12.5 Å². The molecule has 1 aliphatic rings. The van der Waals surface area contributed by atoms with Gasteiger partial charge in [0.2, 0.25) is 5.13 Å². The zero-order valence-corrected chi connectivity index (χ0v) is 11.3. The van der Waals surface area contributed by atoms with Crippen LogP contribution in [0.2, 0.25) is 0 Å². The minimum absolute atomic E-state index is 0.637. The van der Waals surface area contributed by atoms with Crippen molar-refractivity contribution in [3.8, 4) is 0 Å². The maximum Gasteiger partial charge on any atom is 0.202 e. The van der Waals surface area contributed by atoms with Gasteiger partial charge in [-0.25, -0.2) is 4.98 Å². The topological polar surface area (TPSA) is 50.3 Å². The third-order valence-corrected chi connectivity index (χ3v) is 3.28. The monoisotopic (exact) mass is 256 g/mol. The summed E-state index contributed by atoms with van der Waals surface area (Å²) in [4.78, 5) is 6.56. The Balaban J connectivity index is 1.55. The van der Waals surface area contributed by atoms with E-state index in [2.05, 4.69) is 19.6 Å². The average molecular weight is 256 g/mol. The lowest BCUT2D eigenvalue weighted by Crippen LogP contribution is -2.20. The molecule has 0 spiro atoms. The van der Waals surface area contributed by atoms with E-state index in [1.54, 1.807) is 0 Å². The van der Waals surface area contributed by atoms with Crippen LogP contribution in [-0.2, 0) is 4.74 Å². The summed E-state index contributed by atoms with van der Waals surface area (Å²) < 4.78 is 9.82. The van der Waals surface area contributed by atoms with E-state index in [1.807, 2.05) is 14.1 Å². The third kappa shape index (κ3) is 4.57. The van der Waals surface area contributed by atoms with Crippen molar-refractivity contribution >= 4 is 16.7 Å². The first-order valence-corrected chi connectivity index (χ1v) is 6.83. The van der Waals surface area contributed by atoms with Crippen LogP contribution in [-0.4, -0.2) is 54.7 Å². The highest BCUT2D eigenvalue weighted by molar-refractivity contribution is 7.09. The normalized spacial score (nSPS) is 15.5. The fourth-order valence-corrected chi connectivity index (χ4v) is 2.06. The Bertz CT molecular complexity index is 338. The minimum Gasteiger partial charge on any atom is -0.378 e. The van der Waals surface area contributed by atoms with Gasteiger partial charge in [-0.3, -0.25) is 0 Å². The molecule has 1 heterocycles. The Labute approximate surface area is 106 Å². The van der Waals surface area contributed by atoms with Crippen LogP contribution in [0.3, 0.4) is 0 Å². The standard InChI is InChI=1S/C11H20N4OS/c1-15(2)6-8-16-7-5-12-11-13-10(14-17-11)9-3-4-9/h9H,3-8H2,1-2H3,(H,12,13,14). The molecular weight excluding hydrogens is 236 g/mol. The molecule has 96 valence electrons. The Morgan fingerprint density at radius 1 is 1.41 bits per heavy atom. The van der Waals surface area contributed by atoms with E-state index in [1.165, 1.54) is 24.4 Å². The maximum absolute atomic E-state index is 5.49. The summed E-state index contributed by atoms with van der Waals surface area (Å²) in [7, 11) is 4.09. The molecule has 6 heteroatoms. The Morgan fingerprint density at radius 2 is 2.24 bits per heavy atom. The number of rotatable bonds is 8. The van der Waals surface area contributed by atoms with Gasteiger partial charge in [-0.05, 0) is 26.9 Å². The molecule has 1 N–H and O–H groups in total. The van der Waals surface area contributed by atoms with E-state index < -0.39 is 0 Å². The van der Waals surface area contributed by atoms with Crippen molar-refractivity contribution < 1.29 is 4.74 Å². The van der Waals surface area contributed by atoms with E-state index in [4.69, 9.17) is 4.74 Å². The van der Waals surface area contributed by atoms with Crippen molar-refractivity contribution in [3.63, 3.8) is 0 Å². The highest BCUT2D eigenvalue weighted by Crippen LogP contribution is 2.39. The van der Waals surface area contributed by atoms with Crippen LogP contribution in [0.15, 0.2) is 0 Å². The van der Waals surface area contributed by atoms with Gasteiger partial charge in [0.05, 0.1) is 13.2 Å². The van der Waals surface area contributed by atoms with Gasteiger partial charge in [-0.1, -0.05) is 0 Å². The van der Waals surface area contributed by atoms with Crippen LogP contribution in [0, 0.1) is 0 Å². The van der Waals surface area contributed by atoms with E-state index >= 15 is 0 Å². The van der Waals surface area contributed by atoms with Crippen molar-refractivity contribution in [1.29, 1.82) is 0 Å². The Kier molecular flexibility index (Phi) is 4.70. The molecule has 0 saturated heterocycles. The lowest BCUT2D eigenvalue weighted by molar-refractivity contribution is 0.126. The van der Waals surface area contributed by atoms with Crippen LogP contribution in [0.5, 0.6) is 0 Å². The van der Waals surface area contributed by atoms with Crippen LogP contribution in [0.4, 0.5) is 5.13 Å². The predicted octanol–water partition coefficient (Wildman–Crippen LogP) is 1.41. The first kappa shape index (κ1) is 12.7. The SMILES string of the molecule is CN(C)CCOCCNc1nc(C2CC2)ns1. The van der Waals surface area contributed by atoms with Crippen LogP contribution in [0.1, 0.15) is 24.6 Å². The van der Waals surface area contributed by atoms with Crippen molar-refractivity contribution in [3.05, 3.63) is 5.82 Å². The number of ether oxygens (including phenoxy) is 1. The predicted molar refractivity (Wildman–Crippen MR) is 69.7 cm³/mol. The van der Waals surface area contributed by atoms with E-state index in [0.717, 1.165) is 30.7 Å². The lowest BCUT2D eigenvalue weighted by Gasteiger charge is -2.09. The van der Waals surface area contributed by atoms with Crippen LogP contribution >= 0.6 is 11.5 Å². The molecule has 0 bridgehead atoms. The first-order valence-electron chi connectivity index (χ1n) is 6.05. The first-order chi connectivity index (χ1) is 8.25. The van der Waals surface area contributed by atoms with Gasteiger partial charge in [-0.2, -0.15) is 4.37 Å². The number of nitrogens with one attached hydrogen (secondary N) is 1. The summed E-state index contributed by atoms with van der Waals surface area (Å²) >= 11 is 1.45. The second-order valence-electron chi connectivity index (χ2n) is 4.57. The highest BCUT2D eigenvalue weighted by Gasteiger charge is 2.27. The van der Waals surface area contributed by atoms with Crippen LogP contribution in [0.25, 0.3) is 0 Å². The van der Waals surface area contributed by atoms with E-state index in [-0.39, 0.29) is 0 Å². The summed E-state index contributed by atoms with van der Waals surface area (Å²) in [5.41, 5.74) is 0. The highest BCUT2D eigenvalue weighted by atomic mass is 32.1. The lowest BCUT2D eigenvalue weighted by atomic mass is 10.4. The molecule has 17 heavy (non-hydrogen) atoms. The summed E-state index contributed by atoms with van der Waals surface area (Å²) in [6.45, 7) is 3.25. The number of hydrogen-bond acceptors (Lipinski definition) is 6. The van der Waals surface area contributed by atoms with Crippen molar-refractivity contribution in [1.82, 2.24) is 14.3 Å². The number of anilines is 1. The van der Waals surface area contributed by atoms with Gasteiger partial charge in [0.15, 0.2) is 0 Å². The molecule has 1 aliphatic carbocycles. The van der Waals surface area contributed by atoms with Gasteiger partial charge in [0, 0.05) is 30.5 Å². The average Bonchev–Trinajstić information content (AvgIpc) is 3.04. The number of hydrogen-bond donors (Lipinski definition) is 1. The van der Waals surface area contributed by atoms with Gasteiger partial charge in [0.1, 0.15) is 5.82 Å². The number of aromatic nitrogens is 2. The molecule has 0 aliphatic heterocycles. The fraction of sp³-hybridized carbons (Fsp3) is 0.818. The van der Waals surface area contributed by atoms with E-state index in [9.17, 15) is 0 Å². The minimum atomic E-state index is 0.637. The van der Waals surface area contributed by atoms with Crippen molar-refractivity contribution in [2.75, 3.05) is 45.7 Å². The number of nitrogens with zero attached hydrogens (tertiary/aromatic N) is 3. The van der Waals surface area contributed by atoms with Crippen LogP contribution < -0.4 is 5.32 Å². The largest absolute Gasteiger partial charge is 0.378 e. The Hall–Kier alpha value is -0.720. The zero-order valence-electron chi connectivity index (χ0n) is 10.5. The maximum atomic E-state index is 5.49. The molecule has 0 radical (unpaired) electrons. The van der Waals surface area contributed by atoms with Gasteiger partial charge in [-0.15, -0.1) is 0 Å². The molecule has 1 aromatic rings. The molecule has 0 amide bonds. The van der Waals surface area contributed by atoms with Gasteiger partial charge >= 0.3 is 0 Å². The molecule has 5 nitrogen and oxygen atoms in total. The smallest absolute Gasteiger partial charge is 0.202 e. The molecular formula is C11H20N4OS. The van der Waals surface area contributed by atoms with Gasteiger partial charge < -0.3 is 15.0 Å². The Morgan fingerprint density at radius 3 is 2.94 bits per heavy atom. The molecule has 0 atom stereocenters. The molecule has 1 saturated carbocycles. The molecule has 0 aromatic carbocycles. The van der Waals surface area contributed by atoms with Gasteiger partial charge in [0.25, 0.3) is 0 Å². The molecule has 1 fully saturated rings. The molecule has 0 unspecified atom stereocenters. The summed E-state index contributed by atoms with van der Waals surface area (Å²) in [6.07, 6.45) is 2.51. The summed E-state index contributed by atoms with van der Waals surface area (Å²) in [6, 6.07) is 0. The number of likely N-dealkylation sites (N-methyl/N-ethyl adjacent to an activating group) is 1. The van der Waals surface area contributed by atoms with Crippen molar-refractivity contribution in [2.24, 2.45) is 0 Å². The molecule has 1 aromatic heterocycles. The quantitative estimate of drug-likeness (QED) is 0.713. The second-order valence-corrected chi connectivity index (χ2v) is 5.33. The second kappa shape index (κ2) is 6.28. The fourth-order valence-electron chi connectivity index (χ4n) is 1.39. The zero-order chi connectivity index (χ0) is 12.1. The summed E-state index contributed by atoms with van der Waals surface area (Å²) in [5, 5.41) is 4.16. The van der Waals surface area contributed by atoms with Crippen molar-refractivity contribution in [2.45, 2.75) is 18.8 Å².